The van der Waals surface area contributed by atoms with E-state index >= 15 is 0 Å². The molecule has 0 bridgehead atoms. The molecule has 1 aliphatic rings. The van der Waals surface area contributed by atoms with Crippen LogP contribution in [0.3, 0.4) is 0 Å². The van der Waals surface area contributed by atoms with Gasteiger partial charge in [-0.1, -0.05) is 24.3 Å². The Morgan fingerprint density at radius 3 is 2.93 bits per heavy atom. The Balaban J connectivity index is 2.35. The summed E-state index contributed by atoms with van der Waals surface area (Å²) in [4.78, 5) is 11.0. The maximum absolute atomic E-state index is 11.0. The highest BCUT2D eigenvalue weighted by Gasteiger charge is 2.29. The van der Waals surface area contributed by atoms with Gasteiger partial charge in [0.25, 0.3) is 0 Å². The Hall–Kier alpha value is -2.10. The van der Waals surface area contributed by atoms with E-state index in [1.165, 1.54) is 0 Å². The summed E-state index contributed by atoms with van der Waals surface area (Å²) in [6.07, 6.45) is 2.56. The van der Waals surface area contributed by atoms with E-state index in [4.69, 9.17) is 0 Å². The van der Waals surface area contributed by atoms with Crippen LogP contribution in [0.25, 0.3) is 11.1 Å². The third-order valence-corrected chi connectivity index (χ3v) is 2.68. The van der Waals surface area contributed by atoms with Crippen molar-refractivity contribution in [3.63, 3.8) is 0 Å². The summed E-state index contributed by atoms with van der Waals surface area (Å²) >= 11 is 0. The van der Waals surface area contributed by atoms with Crippen LogP contribution in [-0.2, 0) is 4.79 Å². The van der Waals surface area contributed by atoms with Gasteiger partial charge in [-0.3, -0.25) is 0 Å². The Morgan fingerprint density at radius 1 is 1.20 bits per heavy atom. The molecule has 0 saturated heterocycles. The number of nitrogens with zero attached hydrogens (tertiary/aromatic N) is 3. The molecule has 4 nitrogen and oxygen atoms in total. The highest BCUT2D eigenvalue weighted by atomic mass is 16.1. The number of carbonyl (C=O) groups excluding carboxylic acids is 1. The average Bonchev–Trinajstić information content (AvgIpc) is 2.63. The summed E-state index contributed by atoms with van der Waals surface area (Å²) < 4.78 is 0. The SMILES string of the molecule is O=CC1c2ccccc2-c2cnnnc21. The summed E-state index contributed by atoms with van der Waals surface area (Å²) in [5.74, 6) is -0.285. The highest BCUT2D eigenvalue weighted by molar-refractivity contribution is 5.85. The maximum Gasteiger partial charge on any atom is 0.133 e. The van der Waals surface area contributed by atoms with Crippen LogP contribution in [0, 0.1) is 0 Å². The van der Waals surface area contributed by atoms with Crippen LogP contribution in [-0.4, -0.2) is 21.7 Å². The Kier molecular flexibility index (Phi) is 1.62. The topological polar surface area (TPSA) is 55.7 Å². The second kappa shape index (κ2) is 2.95. The average molecular weight is 197 g/mol. The van der Waals surface area contributed by atoms with Crippen LogP contribution in [0.2, 0.25) is 0 Å². The van der Waals surface area contributed by atoms with Crippen molar-refractivity contribution >= 4 is 6.29 Å². The third kappa shape index (κ3) is 1.01. The van der Waals surface area contributed by atoms with Crippen molar-refractivity contribution in [1.29, 1.82) is 0 Å². The minimum absolute atomic E-state index is 0.285. The van der Waals surface area contributed by atoms with Gasteiger partial charge in [0, 0.05) is 5.56 Å². The van der Waals surface area contributed by atoms with Crippen LogP contribution in [0.1, 0.15) is 17.2 Å². The molecule has 3 rings (SSSR count). The first-order valence-electron chi connectivity index (χ1n) is 4.64. The Bertz CT molecular complexity index is 493. The van der Waals surface area contributed by atoms with Crippen LogP contribution >= 0.6 is 0 Å². The van der Waals surface area contributed by atoms with E-state index in [0.29, 0.717) is 5.69 Å². The van der Waals surface area contributed by atoms with Crippen molar-refractivity contribution in [1.82, 2.24) is 15.4 Å². The number of benzene rings is 1. The largest absolute Gasteiger partial charge is 0.302 e. The number of carbonyl (C=O) groups is 1. The fourth-order valence-corrected chi connectivity index (χ4v) is 2.01. The molecule has 72 valence electrons. The molecule has 1 aliphatic carbocycles. The zero-order chi connectivity index (χ0) is 10.3. The molecule has 1 aromatic heterocycles. The normalized spacial score (nSPS) is 16.9. The number of hydrogen-bond acceptors (Lipinski definition) is 4. The van der Waals surface area contributed by atoms with E-state index in [-0.39, 0.29) is 5.92 Å². The van der Waals surface area contributed by atoms with E-state index in [0.717, 1.165) is 23.0 Å². The number of aromatic nitrogens is 3. The van der Waals surface area contributed by atoms with Crippen molar-refractivity contribution in [3.8, 4) is 11.1 Å². The van der Waals surface area contributed by atoms with Gasteiger partial charge in [-0.15, -0.1) is 10.2 Å². The van der Waals surface area contributed by atoms with Gasteiger partial charge in [-0.25, -0.2) is 0 Å². The molecule has 0 spiro atoms. The van der Waals surface area contributed by atoms with Gasteiger partial charge in [0.1, 0.15) is 6.29 Å². The van der Waals surface area contributed by atoms with Crippen molar-refractivity contribution in [2.45, 2.75) is 5.92 Å². The molecule has 4 heteroatoms. The van der Waals surface area contributed by atoms with Crippen LogP contribution in [0.5, 0.6) is 0 Å². The number of hydrogen-bond donors (Lipinski definition) is 0. The lowest BCUT2D eigenvalue weighted by Crippen LogP contribution is -2.01. The lowest BCUT2D eigenvalue weighted by molar-refractivity contribution is -0.108. The van der Waals surface area contributed by atoms with Gasteiger partial charge in [-0.2, -0.15) is 0 Å². The van der Waals surface area contributed by atoms with Crippen molar-refractivity contribution in [2.75, 3.05) is 0 Å². The molecule has 0 radical (unpaired) electrons. The van der Waals surface area contributed by atoms with E-state index in [1.807, 2.05) is 24.3 Å². The van der Waals surface area contributed by atoms with Crippen molar-refractivity contribution in [2.24, 2.45) is 0 Å². The maximum atomic E-state index is 11.0. The van der Waals surface area contributed by atoms with E-state index in [2.05, 4.69) is 15.4 Å². The van der Waals surface area contributed by atoms with E-state index < -0.39 is 0 Å². The minimum Gasteiger partial charge on any atom is -0.302 e. The summed E-state index contributed by atoms with van der Waals surface area (Å²) in [6.45, 7) is 0. The van der Waals surface area contributed by atoms with Gasteiger partial charge in [0.2, 0.25) is 0 Å². The van der Waals surface area contributed by atoms with Gasteiger partial charge >= 0.3 is 0 Å². The fourth-order valence-electron chi connectivity index (χ4n) is 2.01. The van der Waals surface area contributed by atoms with E-state index in [1.54, 1.807) is 6.20 Å². The van der Waals surface area contributed by atoms with Crippen LogP contribution in [0.4, 0.5) is 0 Å². The van der Waals surface area contributed by atoms with Crippen molar-refractivity contribution in [3.05, 3.63) is 41.7 Å². The van der Waals surface area contributed by atoms with Gasteiger partial charge in [0.05, 0.1) is 17.8 Å². The summed E-state index contributed by atoms with van der Waals surface area (Å²) in [7, 11) is 0. The zero-order valence-corrected chi connectivity index (χ0v) is 7.79. The van der Waals surface area contributed by atoms with Gasteiger partial charge in [-0.05, 0) is 16.3 Å². The molecule has 2 aromatic rings. The lowest BCUT2D eigenvalue weighted by atomic mass is 10.0. The summed E-state index contributed by atoms with van der Waals surface area (Å²) in [5.41, 5.74) is 3.65. The second-order valence-corrected chi connectivity index (χ2v) is 3.43. The minimum atomic E-state index is -0.285. The molecule has 0 saturated carbocycles. The number of aldehydes is 1. The molecule has 0 fully saturated rings. The molecule has 15 heavy (non-hydrogen) atoms. The second-order valence-electron chi connectivity index (χ2n) is 3.43. The predicted molar refractivity (Wildman–Crippen MR) is 53.2 cm³/mol. The Labute approximate surface area is 86.0 Å². The highest BCUT2D eigenvalue weighted by Crippen LogP contribution is 2.41. The molecule has 0 amide bonds. The molecule has 1 aromatic carbocycles. The molecule has 1 heterocycles. The Morgan fingerprint density at radius 2 is 2.07 bits per heavy atom. The molecule has 0 aliphatic heterocycles. The van der Waals surface area contributed by atoms with Crippen molar-refractivity contribution < 1.29 is 4.79 Å². The van der Waals surface area contributed by atoms with E-state index in [9.17, 15) is 4.79 Å². The molecular weight excluding hydrogens is 190 g/mol. The molecule has 1 atom stereocenters. The number of fused-ring (bicyclic) bond motifs is 3. The number of rotatable bonds is 1. The smallest absolute Gasteiger partial charge is 0.133 e. The van der Waals surface area contributed by atoms with Gasteiger partial charge < -0.3 is 4.79 Å². The first-order chi connectivity index (χ1) is 7.42. The molecule has 0 N–H and O–H groups in total. The predicted octanol–water partition coefficient (Wildman–Crippen LogP) is 1.18. The molecule has 1 unspecified atom stereocenters. The fraction of sp³-hybridized carbons (Fsp3) is 0.0909. The third-order valence-electron chi connectivity index (χ3n) is 2.68. The molecular formula is C11H7N3O. The first-order valence-corrected chi connectivity index (χ1v) is 4.64. The standard InChI is InChI=1S/C11H7N3O/c15-6-10-8-4-2-1-3-7(8)9-5-12-14-13-11(9)10/h1-6,10H. The van der Waals surface area contributed by atoms with Crippen LogP contribution < -0.4 is 0 Å². The quantitative estimate of drug-likeness (QED) is 0.644. The lowest BCUT2D eigenvalue weighted by Gasteiger charge is -2.01. The van der Waals surface area contributed by atoms with Gasteiger partial charge in [0.15, 0.2) is 0 Å². The zero-order valence-electron chi connectivity index (χ0n) is 7.79. The summed E-state index contributed by atoms with van der Waals surface area (Å²) in [5, 5.41) is 11.3. The first kappa shape index (κ1) is 8.23. The summed E-state index contributed by atoms with van der Waals surface area (Å²) in [6, 6.07) is 7.77. The monoisotopic (exact) mass is 197 g/mol. The van der Waals surface area contributed by atoms with Crippen LogP contribution in [0.15, 0.2) is 30.5 Å².